The van der Waals surface area contributed by atoms with Crippen LogP contribution in [0.1, 0.15) is 39.5 Å². The van der Waals surface area contributed by atoms with E-state index in [0.29, 0.717) is 6.54 Å². The van der Waals surface area contributed by atoms with Gasteiger partial charge in [-0.2, -0.15) is 0 Å². The first-order chi connectivity index (χ1) is 6.85. The number of carbonyl (C=O) groups excluding carboxylic acids is 1. The molecule has 0 bridgehead atoms. The van der Waals surface area contributed by atoms with E-state index in [-0.39, 0.29) is 0 Å². The fourth-order valence-corrected chi connectivity index (χ4v) is 1.34. The van der Waals surface area contributed by atoms with Crippen molar-refractivity contribution in [3.63, 3.8) is 0 Å². The second-order valence-electron chi connectivity index (χ2n) is 3.52. The van der Waals surface area contributed by atoms with E-state index in [4.69, 9.17) is 0 Å². The van der Waals surface area contributed by atoms with Crippen LogP contribution < -0.4 is 0 Å². The monoisotopic (exact) mass is 198 g/mol. The Kier molecular flexibility index (Phi) is 9.93. The third kappa shape index (κ3) is 7.96. The minimum absolute atomic E-state index is 0.594. The van der Waals surface area contributed by atoms with Crippen molar-refractivity contribution < 1.29 is 4.79 Å². The number of hydrogen-bond donors (Lipinski definition) is 0. The summed E-state index contributed by atoms with van der Waals surface area (Å²) in [7, 11) is 0. The molecule has 0 aromatic rings. The molecule has 0 heterocycles. The molecule has 14 heavy (non-hydrogen) atoms. The van der Waals surface area contributed by atoms with Crippen molar-refractivity contribution in [3.8, 4) is 0 Å². The largest absolute Gasteiger partial charge is 0.301 e. The molecular weight excluding hydrogens is 176 g/mol. The molecule has 0 aromatic heterocycles. The normalized spacial score (nSPS) is 10.2. The highest BCUT2D eigenvalue weighted by Crippen LogP contribution is 1.98. The first kappa shape index (κ1) is 13.3. The Bertz CT molecular complexity index is 157. The molecule has 0 amide bonds. The van der Waals surface area contributed by atoms with Gasteiger partial charge in [-0.25, -0.2) is 9.79 Å². The van der Waals surface area contributed by atoms with Crippen LogP contribution in [-0.2, 0) is 4.79 Å². The molecule has 0 aliphatic carbocycles. The van der Waals surface area contributed by atoms with E-state index in [0.717, 1.165) is 19.6 Å². The Labute approximate surface area is 87.2 Å². The highest BCUT2D eigenvalue weighted by Gasteiger charge is 2.02. The summed E-state index contributed by atoms with van der Waals surface area (Å²) in [6.45, 7) is 8.14. The van der Waals surface area contributed by atoms with Crippen LogP contribution in [0.5, 0.6) is 0 Å². The summed E-state index contributed by atoms with van der Waals surface area (Å²) in [5.74, 6) is 0. The van der Waals surface area contributed by atoms with Gasteiger partial charge in [-0.05, 0) is 25.9 Å². The summed E-state index contributed by atoms with van der Waals surface area (Å²) in [6, 6.07) is 0. The fourth-order valence-electron chi connectivity index (χ4n) is 1.34. The molecular formula is C11H22N2O. The molecule has 0 saturated carbocycles. The molecule has 0 radical (unpaired) electrons. The third-order valence-corrected chi connectivity index (χ3v) is 2.25. The number of unbranched alkanes of at least 4 members (excludes halogenated alkanes) is 2. The van der Waals surface area contributed by atoms with Gasteiger partial charge in [-0.3, -0.25) is 0 Å². The maximum atomic E-state index is 9.90. The van der Waals surface area contributed by atoms with Crippen LogP contribution in [0.2, 0.25) is 0 Å². The zero-order valence-corrected chi connectivity index (χ0v) is 9.46. The minimum atomic E-state index is 0.594. The smallest absolute Gasteiger partial charge is 0.234 e. The van der Waals surface area contributed by atoms with Gasteiger partial charge in [0.15, 0.2) is 0 Å². The molecule has 0 rings (SSSR count). The van der Waals surface area contributed by atoms with Crippen molar-refractivity contribution in [1.29, 1.82) is 0 Å². The number of rotatable bonds is 9. The molecule has 82 valence electrons. The second kappa shape index (κ2) is 10.4. The van der Waals surface area contributed by atoms with E-state index in [1.807, 2.05) is 0 Å². The summed E-state index contributed by atoms with van der Waals surface area (Å²) in [5.41, 5.74) is 0. The van der Waals surface area contributed by atoms with Gasteiger partial charge in [0.1, 0.15) is 0 Å². The first-order valence-electron chi connectivity index (χ1n) is 5.61. The van der Waals surface area contributed by atoms with Crippen LogP contribution in [0.3, 0.4) is 0 Å². The quantitative estimate of drug-likeness (QED) is 0.420. The highest BCUT2D eigenvalue weighted by molar-refractivity contribution is 5.32. The van der Waals surface area contributed by atoms with Crippen LogP contribution in [0.4, 0.5) is 0 Å². The van der Waals surface area contributed by atoms with Crippen molar-refractivity contribution >= 4 is 6.08 Å². The Morgan fingerprint density at radius 1 is 1.07 bits per heavy atom. The molecule has 0 spiro atoms. The Morgan fingerprint density at radius 3 is 2.07 bits per heavy atom. The van der Waals surface area contributed by atoms with Crippen molar-refractivity contribution in [2.45, 2.75) is 39.5 Å². The molecule has 3 nitrogen and oxygen atoms in total. The number of hydrogen-bond acceptors (Lipinski definition) is 3. The summed E-state index contributed by atoms with van der Waals surface area (Å²) in [4.78, 5) is 15.9. The lowest BCUT2D eigenvalue weighted by atomic mass is 10.2. The lowest BCUT2D eigenvalue weighted by Crippen LogP contribution is -2.28. The van der Waals surface area contributed by atoms with E-state index in [9.17, 15) is 4.79 Å². The molecule has 0 aliphatic rings. The van der Waals surface area contributed by atoms with Crippen LogP contribution >= 0.6 is 0 Å². The van der Waals surface area contributed by atoms with E-state index in [1.165, 1.54) is 25.7 Å². The van der Waals surface area contributed by atoms with Crippen molar-refractivity contribution in [1.82, 2.24) is 4.90 Å². The average Bonchev–Trinajstić information content (AvgIpc) is 2.21. The van der Waals surface area contributed by atoms with E-state index in [2.05, 4.69) is 23.7 Å². The average molecular weight is 198 g/mol. The number of aliphatic imine (C=N–C) groups is 1. The van der Waals surface area contributed by atoms with Gasteiger partial charge in [0.2, 0.25) is 6.08 Å². The topological polar surface area (TPSA) is 32.7 Å². The van der Waals surface area contributed by atoms with E-state index >= 15 is 0 Å². The zero-order chi connectivity index (χ0) is 10.6. The molecule has 3 heteroatoms. The van der Waals surface area contributed by atoms with Crippen LogP contribution in [0, 0.1) is 0 Å². The maximum absolute atomic E-state index is 9.90. The molecule has 0 fully saturated rings. The van der Waals surface area contributed by atoms with Gasteiger partial charge in [0, 0.05) is 6.54 Å². The number of isocyanates is 1. The summed E-state index contributed by atoms with van der Waals surface area (Å²) in [5, 5.41) is 0. The lowest BCUT2D eigenvalue weighted by Gasteiger charge is -2.20. The van der Waals surface area contributed by atoms with Crippen molar-refractivity contribution in [3.05, 3.63) is 0 Å². The first-order valence-corrected chi connectivity index (χ1v) is 5.61. The second-order valence-corrected chi connectivity index (χ2v) is 3.52. The van der Waals surface area contributed by atoms with Crippen molar-refractivity contribution in [2.24, 2.45) is 4.99 Å². The van der Waals surface area contributed by atoms with Crippen molar-refractivity contribution in [2.75, 3.05) is 26.2 Å². The standard InChI is InChI=1S/C11H22N2O/c1-3-5-8-13(9-6-4-2)10-7-12-11-14/h3-10H2,1-2H3. The maximum Gasteiger partial charge on any atom is 0.234 e. The minimum Gasteiger partial charge on any atom is -0.301 e. The van der Waals surface area contributed by atoms with Gasteiger partial charge < -0.3 is 4.90 Å². The molecule has 0 aromatic carbocycles. The zero-order valence-electron chi connectivity index (χ0n) is 9.46. The Morgan fingerprint density at radius 2 is 1.64 bits per heavy atom. The highest BCUT2D eigenvalue weighted by atomic mass is 16.1. The summed E-state index contributed by atoms with van der Waals surface area (Å²) >= 11 is 0. The summed E-state index contributed by atoms with van der Waals surface area (Å²) in [6.07, 6.45) is 6.49. The van der Waals surface area contributed by atoms with Gasteiger partial charge in [0.25, 0.3) is 0 Å². The Balaban J connectivity index is 3.65. The third-order valence-electron chi connectivity index (χ3n) is 2.25. The molecule has 0 unspecified atom stereocenters. The molecule has 0 saturated heterocycles. The SMILES string of the molecule is CCCCN(CCCC)CCN=C=O. The van der Waals surface area contributed by atoms with Gasteiger partial charge >= 0.3 is 0 Å². The van der Waals surface area contributed by atoms with Crippen LogP contribution in [0.15, 0.2) is 4.99 Å². The van der Waals surface area contributed by atoms with E-state index < -0.39 is 0 Å². The predicted molar refractivity (Wildman–Crippen MR) is 59.2 cm³/mol. The summed E-state index contributed by atoms with van der Waals surface area (Å²) < 4.78 is 0. The van der Waals surface area contributed by atoms with Gasteiger partial charge in [0.05, 0.1) is 6.54 Å². The molecule has 0 aliphatic heterocycles. The van der Waals surface area contributed by atoms with Crippen LogP contribution in [-0.4, -0.2) is 37.2 Å². The fraction of sp³-hybridized carbons (Fsp3) is 0.909. The molecule has 0 atom stereocenters. The lowest BCUT2D eigenvalue weighted by molar-refractivity contribution is 0.272. The van der Waals surface area contributed by atoms with Crippen LogP contribution in [0.25, 0.3) is 0 Å². The predicted octanol–water partition coefficient (Wildman–Crippen LogP) is 2.22. The molecule has 0 N–H and O–H groups in total. The van der Waals surface area contributed by atoms with Gasteiger partial charge in [-0.1, -0.05) is 26.7 Å². The van der Waals surface area contributed by atoms with E-state index in [1.54, 1.807) is 6.08 Å². The Hall–Kier alpha value is -0.660. The van der Waals surface area contributed by atoms with Gasteiger partial charge in [-0.15, -0.1) is 0 Å². The number of nitrogens with zero attached hydrogens (tertiary/aromatic N) is 2.